The third-order valence-corrected chi connectivity index (χ3v) is 4.08. The number of para-hydroxylation sites is 2. The van der Waals surface area contributed by atoms with Crippen molar-refractivity contribution in [2.45, 2.75) is 26.9 Å². The molecular weight excluding hydrogens is 382 g/mol. The van der Waals surface area contributed by atoms with Crippen LogP contribution in [-0.2, 0) is 14.3 Å². The van der Waals surface area contributed by atoms with E-state index in [-0.39, 0.29) is 42.6 Å². The largest absolute Gasteiger partial charge is 0.485 e. The van der Waals surface area contributed by atoms with E-state index in [0.717, 1.165) is 0 Å². The molecular formula is C20H21NO8. The lowest BCUT2D eigenvalue weighted by molar-refractivity contribution is -0.125. The van der Waals surface area contributed by atoms with E-state index in [9.17, 15) is 14.4 Å². The molecule has 1 unspecified atom stereocenters. The fraction of sp³-hybridized carbons (Fsp3) is 0.350. The number of hydrogen-bond donors (Lipinski definition) is 1. The van der Waals surface area contributed by atoms with Crippen molar-refractivity contribution >= 4 is 23.7 Å². The molecule has 0 spiro atoms. The van der Waals surface area contributed by atoms with E-state index in [1.165, 1.54) is 6.92 Å². The molecule has 0 bridgehead atoms. The zero-order valence-corrected chi connectivity index (χ0v) is 16.3. The number of carbonyl (C=O) groups is 3. The first kappa shape index (κ1) is 20.2. The minimum absolute atomic E-state index is 0.0258. The number of rotatable bonds is 6. The van der Waals surface area contributed by atoms with Crippen LogP contribution in [0.1, 0.15) is 40.3 Å². The smallest absolute Gasteiger partial charge is 0.344 e. The summed E-state index contributed by atoms with van der Waals surface area (Å²) in [6.45, 7) is 4.91. The van der Waals surface area contributed by atoms with Gasteiger partial charge in [0, 0.05) is 0 Å². The van der Waals surface area contributed by atoms with Gasteiger partial charge in [0.15, 0.2) is 11.5 Å². The summed E-state index contributed by atoms with van der Waals surface area (Å²) in [5.74, 6) is -1.30. The lowest BCUT2D eigenvalue weighted by Gasteiger charge is -2.25. The second-order valence-corrected chi connectivity index (χ2v) is 6.03. The molecule has 1 atom stereocenters. The van der Waals surface area contributed by atoms with Gasteiger partial charge in [-0.05, 0) is 32.9 Å². The van der Waals surface area contributed by atoms with Gasteiger partial charge in [0.2, 0.25) is 12.0 Å². The van der Waals surface area contributed by atoms with E-state index in [0.29, 0.717) is 11.5 Å². The van der Waals surface area contributed by atoms with Crippen LogP contribution in [0.4, 0.5) is 5.88 Å². The Labute approximate surface area is 166 Å². The molecule has 1 N–H and O–H groups in total. The summed E-state index contributed by atoms with van der Waals surface area (Å²) >= 11 is 0. The lowest BCUT2D eigenvalue weighted by Crippen LogP contribution is -2.40. The highest BCUT2D eigenvalue weighted by Crippen LogP contribution is 2.32. The van der Waals surface area contributed by atoms with Crippen molar-refractivity contribution in [1.29, 1.82) is 0 Å². The SMILES string of the molecule is CCOC(=O)c1c(C)oc(NC(=O)C2COc3ccccc3O2)c1C(=O)OCC. The molecule has 29 heavy (non-hydrogen) atoms. The molecule has 9 heteroatoms. The Morgan fingerprint density at radius 3 is 2.31 bits per heavy atom. The van der Waals surface area contributed by atoms with Gasteiger partial charge < -0.3 is 23.4 Å². The number of nitrogens with one attached hydrogen (secondary N) is 1. The molecule has 0 radical (unpaired) electrons. The Morgan fingerprint density at radius 1 is 1.03 bits per heavy atom. The molecule has 0 aliphatic carbocycles. The van der Waals surface area contributed by atoms with Crippen molar-refractivity contribution in [3.63, 3.8) is 0 Å². The van der Waals surface area contributed by atoms with Crippen molar-refractivity contribution in [1.82, 2.24) is 0 Å². The summed E-state index contributed by atoms with van der Waals surface area (Å²) in [4.78, 5) is 37.4. The van der Waals surface area contributed by atoms with E-state index >= 15 is 0 Å². The molecule has 0 saturated carbocycles. The monoisotopic (exact) mass is 403 g/mol. The minimum atomic E-state index is -0.976. The summed E-state index contributed by atoms with van der Waals surface area (Å²) in [6, 6.07) is 6.94. The Hall–Kier alpha value is -3.49. The number of esters is 2. The Bertz CT molecular complexity index is 933. The molecule has 3 rings (SSSR count). The standard InChI is InChI=1S/C20H21NO8/c1-4-25-19(23)15-11(3)28-18(16(15)20(24)26-5-2)21-17(22)14-10-27-12-8-6-7-9-13(12)29-14/h6-9,14H,4-5,10H2,1-3H3,(H,21,22). The van der Waals surface area contributed by atoms with Crippen LogP contribution in [0.25, 0.3) is 0 Å². The van der Waals surface area contributed by atoms with Crippen LogP contribution < -0.4 is 14.8 Å². The number of amides is 1. The average molecular weight is 403 g/mol. The van der Waals surface area contributed by atoms with Crippen molar-refractivity contribution in [3.8, 4) is 11.5 Å². The van der Waals surface area contributed by atoms with Crippen molar-refractivity contribution in [3.05, 3.63) is 41.2 Å². The maximum absolute atomic E-state index is 12.7. The zero-order chi connectivity index (χ0) is 21.0. The Kier molecular flexibility index (Phi) is 6.06. The van der Waals surface area contributed by atoms with Crippen molar-refractivity contribution in [2.75, 3.05) is 25.1 Å². The number of furan rings is 1. The molecule has 1 aromatic heterocycles. The van der Waals surface area contributed by atoms with E-state index < -0.39 is 23.9 Å². The number of anilines is 1. The summed E-state index contributed by atoms with van der Waals surface area (Å²) in [5.41, 5.74) is -0.292. The zero-order valence-electron chi connectivity index (χ0n) is 16.3. The van der Waals surface area contributed by atoms with Gasteiger partial charge in [0.25, 0.3) is 5.91 Å². The van der Waals surface area contributed by atoms with Gasteiger partial charge in [-0.15, -0.1) is 0 Å². The highest BCUT2D eigenvalue weighted by Gasteiger charge is 2.34. The molecule has 2 heterocycles. The van der Waals surface area contributed by atoms with Crippen LogP contribution >= 0.6 is 0 Å². The van der Waals surface area contributed by atoms with Gasteiger partial charge in [-0.2, -0.15) is 0 Å². The van der Waals surface area contributed by atoms with Crippen LogP contribution in [0.3, 0.4) is 0 Å². The van der Waals surface area contributed by atoms with Gasteiger partial charge in [-0.1, -0.05) is 12.1 Å². The van der Waals surface area contributed by atoms with Gasteiger partial charge in [-0.3, -0.25) is 10.1 Å². The number of carbonyl (C=O) groups excluding carboxylic acids is 3. The number of ether oxygens (including phenoxy) is 4. The molecule has 9 nitrogen and oxygen atoms in total. The molecule has 0 saturated heterocycles. The fourth-order valence-electron chi connectivity index (χ4n) is 2.82. The molecule has 2 aromatic rings. The van der Waals surface area contributed by atoms with Crippen molar-refractivity contribution < 1.29 is 37.7 Å². The van der Waals surface area contributed by atoms with Crippen LogP contribution in [0, 0.1) is 6.92 Å². The first-order valence-electron chi connectivity index (χ1n) is 9.13. The fourth-order valence-corrected chi connectivity index (χ4v) is 2.82. The maximum Gasteiger partial charge on any atom is 0.344 e. The first-order valence-corrected chi connectivity index (χ1v) is 9.13. The second kappa shape index (κ2) is 8.68. The summed E-state index contributed by atoms with van der Waals surface area (Å²) < 4.78 is 26.7. The quantitative estimate of drug-likeness (QED) is 0.733. The highest BCUT2D eigenvalue weighted by molar-refractivity contribution is 6.09. The van der Waals surface area contributed by atoms with E-state index in [1.807, 2.05) is 0 Å². The lowest BCUT2D eigenvalue weighted by atomic mass is 10.1. The van der Waals surface area contributed by atoms with Crippen LogP contribution in [0.5, 0.6) is 11.5 Å². The molecule has 0 fully saturated rings. The normalized spacial score (nSPS) is 14.8. The van der Waals surface area contributed by atoms with Gasteiger partial charge >= 0.3 is 11.9 Å². The topological polar surface area (TPSA) is 113 Å². The van der Waals surface area contributed by atoms with Crippen LogP contribution in [0.15, 0.2) is 28.7 Å². The predicted octanol–water partition coefficient (Wildman–Crippen LogP) is 2.72. The first-order chi connectivity index (χ1) is 14.0. The van der Waals surface area contributed by atoms with Crippen LogP contribution in [-0.4, -0.2) is 43.8 Å². The van der Waals surface area contributed by atoms with Crippen molar-refractivity contribution in [2.24, 2.45) is 0 Å². The Balaban J connectivity index is 1.86. The molecule has 1 aliphatic heterocycles. The molecule has 1 aromatic carbocycles. The number of hydrogen-bond acceptors (Lipinski definition) is 8. The average Bonchev–Trinajstić information content (AvgIpc) is 3.03. The van der Waals surface area contributed by atoms with Gasteiger partial charge in [-0.25, -0.2) is 9.59 Å². The van der Waals surface area contributed by atoms with E-state index in [1.54, 1.807) is 38.1 Å². The third kappa shape index (κ3) is 4.18. The highest BCUT2D eigenvalue weighted by atomic mass is 16.6. The molecule has 1 amide bonds. The second-order valence-electron chi connectivity index (χ2n) is 6.03. The summed E-state index contributed by atoms with van der Waals surface area (Å²) in [5, 5.41) is 2.49. The molecule has 1 aliphatic rings. The van der Waals surface area contributed by atoms with Gasteiger partial charge in [0.1, 0.15) is 23.5 Å². The number of fused-ring (bicyclic) bond motifs is 1. The van der Waals surface area contributed by atoms with E-state index in [2.05, 4.69) is 5.32 Å². The predicted molar refractivity (Wildman–Crippen MR) is 100 cm³/mol. The molecule has 154 valence electrons. The summed E-state index contributed by atoms with van der Waals surface area (Å²) in [7, 11) is 0. The summed E-state index contributed by atoms with van der Waals surface area (Å²) in [6.07, 6.45) is -0.976. The van der Waals surface area contributed by atoms with E-state index in [4.69, 9.17) is 23.4 Å². The third-order valence-electron chi connectivity index (χ3n) is 4.08. The number of aryl methyl sites for hydroxylation is 1. The Morgan fingerprint density at radius 2 is 1.66 bits per heavy atom. The minimum Gasteiger partial charge on any atom is -0.485 e. The van der Waals surface area contributed by atoms with Gasteiger partial charge in [0.05, 0.1) is 13.2 Å². The maximum atomic E-state index is 12.7. The number of benzene rings is 1. The van der Waals surface area contributed by atoms with Crippen LogP contribution in [0.2, 0.25) is 0 Å².